The molecule has 0 saturated carbocycles. The molecule has 0 saturated heterocycles. The summed E-state index contributed by atoms with van der Waals surface area (Å²) in [7, 11) is 0. The molecule has 1 heterocycles. The molecular formula is C16H13N2OTl. The van der Waals surface area contributed by atoms with Crippen LogP contribution in [0.2, 0.25) is 0 Å². The van der Waals surface area contributed by atoms with Gasteiger partial charge in [0, 0.05) is 0 Å². The average Bonchev–Trinajstić information content (AvgIpc) is 2.79. The maximum absolute atomic E-state index is 10.9. The van der Waals surface area contributed by atoms with Gasteiger partial charge in [-0.3, -0.25) is 0 Å². The van der Waals surface area contributed by atoms with Crippen molar-refractivity contribution >= 4 is 43.4 Å². The molecule has 0 atom stereocenters. The van der Waals surface area contributed by atoms with Gasteiger partial charge in [-0.15, -0.1) is 0 Å². The summed E-state index contributed by atoms with van der Waals surface area (Å²) in [5, 5.41) is 0. The average molecular weight is 454 g/mol. The van der Waals surface area contributed by atoms with Crippen molar-refractivity contribution in [1.82, 2.24) is 7.36 Å². The van der Waals surface area contributed by atoms with Crippen molar-refractivity contribution in [3.8, 4) is 11.1 Å². The zero-order chi connectivity index (χ0) is 14.3. The summed E-state index contributed by atoms with van der Waals surface area (Å²) in [6.07, 6.45) is 2.80. The number of benzene rings is 2. The Kier molecular flexibility index (Phi) is 3.45. The molecule has 3 aromatic rings. The number of aryl methyl sites for hydroxylation is 2. The summed E-state index contributed by atoms with van der Waals surface area (Å²) in [5.41, 5.74) is 7.55. The van der Waals surface area contributed by atoms with E-state index in [-0.39, 0.29) is 0 Å². The van der Waals surface area contributed by atoms with Crippen molar-refractivity contribution in [3.63, 3.8) is 0 Å². The van der Waals surface area contributed by atoms with E-state index in [1.807, 2.05) is 25.4 Å². The van der Waals surface area contributed by atoms with Crippen LogP contribution in [-0.4, -0.2) is 39.7 Å². The van der Waals surface area contributed by atoms with Crippen molar-refractivity contribution in [3.05, 3.63) is 53.3 Å². The standard InChI is InChI=1S/C16H14N2O.Tl/c1-10-5-12(3-4-13(10)8-19)14-7-16-15(6-11(14)2)17-9-18-16;/h3-9H,1-2H3,(H,17,18,19);/q;+1/p-1. The first-order chi connectivity index (χ1) is 9.60. The number of carbonyl (C=O) groups excluding carboxylic acids is 1. The second-order valence-corrected chi connectivity index (χ2v) is 7.16. The molecule has 0 amide bonds. The quantitative estimate of drug-likeness (QED) is 0.442. The van der Waals surface area contributed by atoms with Gasteiger partial charge in [0.15, 0.2) is 0 Å². The van der Waals surface area contributed by atoms with Gasteiger partial charge in [-0.2, -0.15) is 0 Å². The Morgan fingerprint density at radius 2 is 1.95 bits per heavy atom. The first-order valence-electron chi connectivity index (χ1n) is 6.39. The Hall–Kier alpha value is -1.50. The van der Waals surface area contributed by atoms with Crippen LogP contribution in [0.4, 0.5) is 0 Å². The van der Waals surface area contributed by atoms with E-state index in [4.69, 9.17) is 0 Å². The van der Waals surface area contributed by atoms with Crippen molar-refractivity contribution in [1.29, 1.82) is 0 Å². The number of fused-ring (bicyclic) bond motifs is 1. The van der Waals surface area contributed by atoms with E-state index in [1.165, 1.54) is 16.6 Å². The van der Waals surface area contributed by atoms with E-state index >= 15 is 0 Å². The number of carbonyl (C=O) groups is 1. The number of rotatable bonds is 2. The Morgan fingerprint density at radius 1 is 1.15 bits per heavy atom. The third kappa shape index (κ3) is 2.20. The van der Waals surface area contributed by atoms with E-state index in [0.29, 0.717) is 0 Å². The molecule has 4 heteroatoms. The number of nitrogens with zero attached hydrogens (tertiary/aromatic N) is 2. The SMILES string of the molecule is Cc1cc(-c2cc3nc[n]([Tl])c3cc2C)ccc1C=O. The third-order valence-corrected chi connectivity index (χ3v) is 5.23. The fraction of sp³-hybridized carbons (Fsp3) is 0.125. The Labute approximate surface area is 133 Å². The van der Waals surface area contributed by atoms with Crippen LogP contribution in [0.5, 0.6) is 0 Å². The van der Waals surface area contributed by atoms with Gasteiger partial charge in [0.2, 0.25) is 0 Å². The minimum atomic E-state index is 0.726. The van der Waals surface area contributed by atoms with Crippen LogP contribution in [0.25, 0.3) is 22.2 Å². The zero-order valence-corrected chi connectivity index (χ0v) is 15.9. The molecule has 0 fully saturated rings. The molecule has 1 aromatic heterocycles. The first-order valence-corrected chi connectivity index (χ1v) is 8.40. The summed E-state index contributed by atoms with van der Waals surface area (Å²) in [6.45, 7) is 4.09. The molecule has 0 spiro atoms. The molecular weight excluding hydrogens is 441 g/mol. The van der Waals surface area contributed by atoms with Crippen molar-refractivity contribution < 1.29 is 4.79 Å². The summed E-state index contributed by atoms with van der Waals surface area (Å²) in [6, 6.07) is 10.3. The first kappa shape index (κ1) is 13.5. The number of aldehydes is 1. The van der Waals surface area contributed by atoms with Gasteiger partial charge in [-0.25, -0.2) is 0 Å². The summed E-state index contributed by atoms with van der Waals surface area (Å²) in [4.78, 5) is 15.4. The van der Waals surface area contributed by atoms with E-state index in [2.05, 4.69) is 32.5 Å². The molecule has 3 rings (SSSR count). The van der Waals surface area contributed by atoms with Crippen LogP contribution in [-0.2, 0) is 0 Å². The van der Waals surface area contributed by atoms with Gasteiger partial charge in [0.1, 0.15) is 0 Å². The summed E-state index contributed by atoms with van der Waals surface area (Å²) < 4.78 is 2.19. The molecule has 0 aliphatic heterocycles. The van der Waals surface area contributed by atoms with Gasteiger partial charge >= 0.3 is 134 Å². The Balaban J connectivity index is 2.21. The fourth-order valence-corrected chi connectivity index (χ4v) is 3.53. The predicted octanol–water partition coefficient (Wildman–Crippen LogP) is 3.06. The van der Waals surface area contributed by atoms with E-state index in [9.17, 15) is 4.79 Å². The fourth-order valence-electron chi connectivity index (χ4n) is 2.46. The van der Waals surface area contributed by atoms with E-state index in [1.54, 1.807) is 0 Å². The Bertz CT molecular complexity index is 821. The molecule has 3 nitrogen and oxygen atoms in total. The predicted molar refractivity (Wildman–Crippen MR) is 81.2 cm³/mol. The van der Waals surface area contributed by atoms with Crippen LogP contribution < -0.4 is 0 Å². The summed E-state index contributed by atoms with van der Waals surface area (Å²) >= 11 is 0.726. The Morgan fingerprint density at radius 3 is 2.65 bits per heavy atom. The van der Waals surface area contributed by atoms with Gasteiger partial charge in [0.25, 0.3) is 0 Å². The van der Waals surface area contributed by atoms with Gasteiger partial charge in [-0.1, -0.05) is 0 Å². The molecule has 2 aromatic carbocycles. The molecule has 0 radical (unpaired) electrons. The number of hydrogen-bond donors (Lipinski definition) is 0. The van der Waals surface area contributed by atoms with Gasteiger partial charge in [-0.05, 0) is 0 Å². The molecule has 0 aliphatic carbocycles. The number of aromatic nitrogens is 2. The zero-order valence-electron chi connectivity index (χ0n) is 11.4. The maximum atomic E-state index is 10.9. The number of hydrogen-bond acceptors (Lipinski definition) is 2. The number of imidazole rings is 1. The van der Waals surface area contributed by atoms with E-state index in [0.717, 1.165) is 54.6 Å². The topological polar surface area (TPSA) is 34.9 Å². The second kappa shape index (κ2) is 5.12. The van der Waals surface area contributed by atoms with Crippen LogP contribution in [0, 0.1) is 13.8 Å². The van der Waals surface area contributed by atoms with Crippen LogP contribution in [0.15, 0.2) is 36.7 Å². The molecule has 0 bridgehead atoms. The minimum absolute atomic E-state index is 0.726. The van der Waals surface area contributed by atoms with Crippen molar-refractivity contribution in [2.24, 2.45) is 0 Å². The monoisotopic (exact) mass is 454 g/mol. The van der Waals surface area contributed by atoms with Gasteiger partial charge < -0.3 is 0 Å². The van der Waals surface area contributed by atoms with Crippen molar-refractivity contribution in [2.75, 3.05) is 0 Å². The van der Waals surface area contributed by atoms with Crippen LogP contribution >= 0.6 is 0 Å². The van der Waals surface area contributed by atoms with Gasteiger partial charge in [0.05, 0.1) is 0 Å². The summed E-state index contributed by atoms with van der Waals surface area (Å²) in [5.74, 6) is 0. The van der Waals surface area contributed by atoms with E-state index < -0.39 is 0 Å². The van der Waals surface area contributed by atoms with Crippen LogP contribution in [0.1, 0.15) is 21.5 Å². The third-order valence-electron chi connectivity index (χ3n) is 3.63. The second-order valence-electron chi connectivity index (χ2n) is 5.00. The molecule has 96 valence electrons. The van der Waals surface area contributed by atoms with Crippen molar-refractivity contribution in [2.45, 2.75) is 13.8 Å². The molecule has 0 aliphatic rings. The molecule has 0 N–H and O–H groups in total. The molecule has 20 heavy (non-hydrogen) atoms. The molecule has 0 unspecified atom stereocenters. The van der Waals surface area contributed by atoms with Crippen LogP contribution in [0.3, 0.4) is 0 Å². The normalized spacial score (nSPS) is 10.8.